The van der Waals surface area contributed by atoms with E-state index < -0.39 is 0 Å². The van der Waals surface area contributed by atoms with Gasteiger partial charge in [0.1, 0.15) is 5.78 Å². The SMILES string of the molecule is C=CCN1CC23C[C@]4(CC(=O)CCC4C12)c1c(O)c(OC)cc(Br)c13. The molecule has 0 radical (unpaired) electrons. The largest absolute Gasteiger partial charge is 0.504 e. The third-order valence-electron chi connectivity index (χ3n) is 7.21. The van der Waals surface area contributed by atoms with Crippen molar-refractivity contribution in [2.24, 2.45) is 5.92 Å². The van der Waals surface area contributed by atoms with Crippen LogP contribution in [0.3, 0.4) is 0 Å². The molecule has 1 heterocycles. The fourth-order valence-corrected chi connectivity index (χ4v) is 7.54. The second kappa shape index (κ2) is 4.89. The van der Waals surface area contributed by atoms with Gasteiger partial charge in [0.05, 0.1) is 7.11 Å². The van der Waals surface area contributed by atoms with Crippen molar-refractivity contribution in [2.45, 2.75) is 42.6 Å². The van der Waals surface area contributed by atoms with Crippen molar-refractivity contribution >= 4 is 21.7 Å². The summed E-state index contributed by atoms with van der Waals surface area (Å²) in [6.45, 7) is 5.78. The molecule has 2 saturated carbocycles. The predicted molar refractivity (Wildman–Crippen MR) is 98.2 cm³/mol. The lowest BCUT2D eigenvalue weighted by Gasteiger charge is -2.59. The van der Waals surface area contributed by atoms with E-state index in [4.69, 9.17) is 4.74 Å². The minimum absolute atomic E-state index is 0.0518. The Kier molecular flexibility index (Phi) is 3.11. The van der Waals surface area contributed by atoms with Gasteiger partial charge in [-0.3, -0.25) is 9.69 Å². The Hall–Kier alpha value is -1.33. The minimum Gasteiger partial charge on any atom is -0.504 e. The average Bonchev–Trinajstić information content (AvgIpc) is 2.98. The fraction of sp³-hybridized carbons (Fsp3) is 0.550. The summed E-state index contributed by atoms with van der Waals surface area (Å²) in [6, 6.07) is 2.34. The summed E-state index contributed by atoms with van der Waals surface area (Å²) in [5.41, 5.74) is 2.04. The van der Waals surface area contributed by atoms with Crippen LogP contribution < -0.4 is 4.74 Å². The number of halogens is 1. The number of phenols is 1. The standard InChI is InChI=1S/C20H22BrNO3/c1-3-6-22-10-20-9-19(8-11(23)4-5-12(19)18(20)22)16-15(20)13(21)7-14(25-2)17(16)24/h3,7,12,18,24H,1,4-6,8-10H2,2H3/t12?,18?,19-,20?/m0/s1. The number of aromatic hydroxyl groups is 1. The van der Waals surface area contributed by atoms with Crippen LogP contribution in [0.25, 0.3) is 0 Å². The first kappa shape index (κ1) is 15.9. The maximum absolute atomic E-state index is 12.4. The van der Waals surface area contributed by atoms with Gasteiger partial charge in [-0.05, 0) is 30.4 Å². The summed E-state index contributed by atoms with van der Waals surface area (Å²) in [7, 11) is 1.58. The molecule has 1 aliphatic heterocycles. The molecule has 4 nitrogen and oxygen atoms in total. The number of hydrogen-bond acceptors (Lipinski definition) is 4. The fourth-order valence-electron chi connectivity index (χ4n) is 6.74. The average molecular weight is 404 g/mol. The van der Waals surface area contributed by atoms with Crippen LogP contribution in [0.15, 0.2) is 23.2 Å². The van der Waals surface area contributed by atoms with Crippen LogP contribution >= 0.6 is 15.9 Å². The third kappa shape index (κ3) is 1.65. The lowest BCUT2D eigenvalue weighted by atomic mass is 9.58. The maximum atomic E-state index is 12.4. The number of Topliss-reactive ketones (excluding diaryl/α,β-unsaturated/α-hetero) is 1. The number of likely N-dealkylation sites (tertiary alicyclic amines) is 1. The van der Waals surface area contributed by atoms with Gasteiger partial charge in [-0.2, -0.15) is 0 Å². The summed E-state index contributed by atoms with van der Waals surface area (Å²) in [5.74, 6) is 1.50. The number of rotatable bonds is 3. The third-order valence-corrected chi connectivity index (χ3v) is 7.83. The second-order valence-electron chi connectivity index (χ2n) is 8.17. The van der Waals surface area contributed by atoms with Crippen LogP contribution in [-0.4, -0.2) is 42.0 Å². The Labute approximate surface area is 156 Å². The number of benzene rings is 1. The van der Waals surface area contributed by atoms with E-state index in [2.05, 4.69) is 27.4 Å². The molecule has 1 N–H and O–H groups in total. The van der Waals surface area contributed by atoms with E-state index in [0.29, 0.717) is 36.3 Å². The van der Waals surface area contributed by atoms with Crippen molar-refractivity contribution in [3.63, 3.8) is 0 Å². The molecule has 3 unspecified atom stereocenters. The molecule has 1 saturated heterocycles. The summed E-state index contributed by atoms with van der Waals surface area (Å²) < 4.78 is 6.42. The van der Waals surface area contributed by atoms with Crippen LogP contribution in [0.4, 0.5) is 0 Å². The van der Waals surface area contributed by atoms with Crippen LogP contribution in [0.2, 0.25) is 0 Å². The molecule has 2 spiro atoms. The molecule has 4 atom stereocenters. The summed E-state index contributed by atoms with van der Waals surface area (Å²) in [5, 5.41) is 11.0. The Morgan fingerprint density at radius 3 is 3.00 bits per heavy atom. The highest BCUT2D eigenvalue weighted by molar-refractivity contribution is 9.10. The van der Waals surface area contributed by atoms with E-state index in [1.54, 1.807) is 7.11 Å². The van der Waals surface area contributed by atoms with E-state index >= 15 is 0 Å². The number of carbonyl (C=O) groups is 1. The van der Waals surface area contributed by atoms with E-state index in [1.165, 1.54) is 5.56 Å². The molecule has 0 aromatic heterocycles. The lowest BCUT2D eigenvalue weighted by Crippen LogP contribution is -2.68. The highest BCUT2D eigenvalue weighted by atomic mass is 79.9. The molecule has 4 aliphatic rings. The first-order valence-corrected chi connectivity index (χ1v) is 9.75. The number of phenolic OH excluding ortho intramolecular Hbond substituents is 1. The zero-order chi connectivity index (χ0) is 17.6. The molecule has 3 aliphatic carbocycles. The summed E-state index contributed by atoms with van der Waals surface area (Å²) in [6.07, 6.45) is 5.09. The van der Waals surface area contributed by atoms with Gasteiger partial charge in [0.2, 0.25) is 0 Å². The van der Waals surface area contributed by atoms with Crippen molar-refractivity contribution in [2.75, 3.05) is 20.2 Å². The molecule has 132 valence electrons. The Balaban J connectivity index is 1.77. The highest BCUT2D eigenvalue weighted by Gasteiger charge is 2.75. The van der Waals surface area contributed by atoms with Crippen LogP contribution in [-0.2, 0) is 15.6 Å². The minimum atomic E-state index is -0.230. The first-order chi connectivity index (χ1) is 12.0. The smallest absolute Gasteiger partial charge is 0.161 e. The van der Waals surface area contributed by atoms with Gasteiger partial charge in [0, 0.05) is 52.8 Å². The van der Waals surface area contributed by atoms with E-state index in [1.807, 2.05) is 12.1 Å². The first-order valence-electron chi connectivity index (χ1n) is 8.95. The zero-order valence-corrected chi connectivity index (χ0v) is 15.9. The molecule has 2 bridgehead atoms. The number of carbonyl (C=O) groups excluding carboxylic acids is 1. The van der Waals surface area contributed by atoms with Gasteiger partial charge in [0.15, 0.2) is 11.5 Å². The number of fused-ring (bicyclic) bond motifs is 2. The lowest BCUT2D eigenvalue weighted by molar-refractivity contribution is -0.124. The highest BCUT2D eigenvalue weighted by Crippen LogP contribution is 2.74. The molecule has 1 aromatic carbocycles. The molecule has 1 aromatic rings. The normalized spacial score (nSPS) is 37.9. The Morgan fingerprint density at radius 2 is 2.28 bits per heavy atom. The topological polar surface area (TPSA) is 49.8 Å². The van der Waals surface area contributed by atoms with Crippen LogP contribution in [0.1, 0.15) is 36.8 Å². The monoisotopic (exact) mass is 403 g/mol. The quantitative estimate of drug-likeness (QED) is 0.786. The van der Waals surface area contributed by atoms with Gasteiger partial charge in [-0.1, -0.05) is 22.0 Å². The molecule has 5 rings (SSSR count). The van der Waals surface area contributed by atoms with Crippen LogP contribution in [0, 0.1) is 5.92 Å². The number of ether oxygens (including phenoxy) is 1. The molecular weight excluding hydrogens is 382 g/mol. The van der Waals surface area contributed by atoms with E-state index in [-0.39, 0.29) is 16.6 Å². The predicted octanol–water partition coefficient (Wildman–Crippen LogP) is 3.30. The number of hydrogen-bond donors (Lipinski definition) is 1. The number of nitrogens with zero attached hydrogens (tertiary/aromatic N) is 1. The summed E-state index contributed by atoms with van der Waals surface area (Å²) in [4.78, 5) is 14.9. The number of ketones is 1. The van der Waals surface area contributed by atoms with Crippen molar-refractivity contribution in [3.8, 4) is 11.5 Å². The number of methoxy groups -OCH3 is 1. The zero-order valence-electron chi connectivity index (χ0n) is 14.3. The summed E-state index contributed by atoms with van der Waals surface area (Å²) >= 11 is 3.74. The van der Waals surface area contributed by atoms with Crippen molar-refractivity contribution in [3.05, 3.63) is 34.3 Å². The van der Waals surface area contributed by atoms with Crippen LogP contribution in [0.5, 0.6) is 11.5 Å². The van der Waals surface area contributed by atoms with Gasteiger partial charge in [-0.15, -0.1) is 6.58 Å². The van der Waals surface area contributed by atoms with Gasteiger partial charge in [0.25, 0.3) is 0 Å². The molecular formula is C20H22BrNO3. The molecule has 0 amide bonds. The van der Waals surface area contributed by atoms with Crippen molar-refractivity contribution in [1.82, 2.24) is 4.90 Å². The Morgan fingerprint density at radius 1 is 1.48 bits per heavy atom. The second-order valence-corrected chi connectivity index (χ2v) is 9.03. The van der Waals surface area contributed by atoms with Crippen molar-refractivity contribution in [1.29, 1.82) is 0 Å². The molecule has 5 heteroatoms. The Bertz CT molecular complexity index is 822. The van der Waals surface area contributed by atoms with Gasteiger partial charge < -0.3 is 9.84 Å². The molecule has 25 heavy (non-hydrogen) atoms. The van der Waals surface area contributed by atoms with Crippen molar-refractivity contribution < 1.29 is 14.6 Å². The van der Waals surface area contributed by atoms with Gasteiger partial charge in [-0.25, -0.2) is 0 Å². The van der Waals surface area contributed by atoms with E-state index in [0.717, 1.165) is 36.0 Å². The molecule has 3 fully saturated rings. The van der Waals surface area contributed by atoms with Gasteiger partial charge >= 0.3 is 0 Å². The van der Waals surface area contributed by atoms with E-state index in [9.17, 15) is 9.90 Å². The maximum Gasteiger partial charge on any atom is 0.161 e.